The van der Waals surface area contributed by atoms with E-state index in [0.29, 0.717) is 23.1 Å². The van der Waals surface area contributed by atoms with Crippen molar-refractivity contribution in [3.63, 3.8) is 0 Å². The van der Waals surface area contributed by atoms with Crippen LogP contribution in [-0.4, -0.2) is 18.0 Å². The standard InChI is InChI=1S/C22H21N3O3/c26-21(16-8-10-17(11-9-16)23-22(27)24-18-12-13-18)25-20(19-7-4-14-28-19)15-5-2-1-3-6-15/h1-11,14,18,20H,12-13H2,(H,25,26)(H2,23,24,27). The Morgan fingerprint density at radius 2 is 1.68 bits per heavy atom. The van der Waals surface area contributed by atoms with Gasteiger partial charge in [0.05, 0.1) is 6.26 Å². The van der Waals surface area contributed by atoms with Crippen molar-refractivity contribution in [1.29, 1.82) is 0 Å². The fourth-order valence-electron chi connectivity index (χ4n) is 2.92. The third-order valence-electron chi connectivity index (χ3n) is 4.55. The predicted molar refractivity (Wildman–Crippen MR) is 106 cm³/mol. The van der Waals surface area contributed by atoms with E-state index in [1.54, 1.807) is 36.6 Å². The first-order valence-electron chi connectivity index (χ1n) is 9.26. The summed E-state index contributed by atoms with van der Waals surface area (Å²) in [5.41, 5.74) is 2.07. The molecule has 3 amide bonds. The lowest BCUT2D eigenvalue weighted by molar-refractivity contribution is 0.0939. The van der Waals surface area contributed by atoms with Crippen LogP contribution in [0.5, 0.6) is 0 Å². The second-order valence-electron chi connectivity index (χ2n) is 6.78. The van der Waals surface area contributed by atoms with Gasteiger partial charge in [0.15, 0.2) is 0 Å². The first-order valence-corrected chi connectivity index (χ1v) is 9.26. The lowest BCUT2D eigenvalue weighted by atomic mass is 10.0. The van der Waals surface area contributed by atoms with E-state index >= 15 is 0 Å². The Balaban J connectivity index is 1.44. The fourth-order valence-corrected chi connectivity index (χ4v) is 2.92. The smallest absolute Gasteiger partial charge is 0.319 e. The van der Waals surface area contributed by atoms with Crippen LogP contribution in [0.2, 0.25) is 0 Å². The third kappa shape index (κ3) is 4.40. The van der Waals surface area contributed by atoms with Crippen molar-refractivity contribution in [2.45, 2.75) is 24.9 Å². The van der Waals surface area contributed by atoms with E-state index in [2.05, 4.69) is 16.0 Å². The van der Waals surface area contributed by atoms with Gasteiger partial charge in [0, 0.05) is 17.3 Å². The van der Waals surface area contributed by atoms with Crippen molar-refractivity contribution < 1.29 is 14.0 Å². The van der Waals surface area contributed by atoms with E-state index in [1.165, 1.54) is 0 Å². The fraction of sp³-hybridized carbons (Fsp3) is 0.182. The van der Waals surface area contributed by atoms with Crippen molar-refractivity contribution in [2.75, 3.05) is 5.32 Å². The molecule has 6 nitrogen and oxygen atoms in total. The SMILES string of the molecule is O=C(Nc1ccc(C(=O)NC(c2ccccc2)c2ccco2)cc1)NC1CC1. The van der Waals surface area contributed by atoms with Gasteiger partial charge in [-0.3, -0.25) is 4.79 Å². The van der Waals surface area contributed by atoms with Crippen molar-refractivity contribution >= 4 is 17.6 Å². The van der Waals surface area contributed by atoms with Gasteiger partial charge in [-0.1, -0.05) is 30.3 Å². The summed E-state index contributed by atoms with van der Waals surface area (Å²) < 4.78 is 5.52. The molecule has 1 atom stereocenters. The molecule has 1 saturated carbocycles. The summed E-state index contributed by atoms with van der Waals surface area (Å²) in [5.74, 6) is 0.439. The highest BCUT2D eigenvalue weighted by molar-refractivity contribution is 5.96. The zero-order valence-corrected chi connectivity index (χ0v) is 15.2. The molecule has 1 aliphatic rings. The van der Waals surface area contributed by atoms with Crippen LogP contribution in [0.15, 0.2) is 77.4 Å². The second-order valence-corrected chi connectivity index (χ2v) is 6.78. The molecule has 4 rings (SSSR count). The van der Waals surface area contributed by atoms with Gasteiger partial charge in [-0.15, -0.1) is 0 Å². The number of hydrogen-bond acceptors (Lipinski definition) is 3. The maximum Gasteiger partial charge on any atom is 0.319 e. The monoisotopic (exact) mass is 375 g/mol. The topological polar surface area (TPSA) is 83.4 Å². The number of nitrogens with one attached hydrogen (secondary N) is 3. The minimum absolute atomic E-state index is 0.221. The lowest BCUT2D eigenvalue weighted by Crippen LogP contribution is -2.30. The Labute approximate surface area is 162 Å². The van der Waals surface area contributed by atoms with Crippen molar-refractivity contribution in [2.24, 2.45) is 0 Å². The summed E-state index contributed by atoms with van der Waals surface area (Å²) in [5, 5.41) is 8.65. The number of carbonyl (C=O) groups excluding carboxylic acids is 2. The lowest BCUT2D eigenvalue weighted by Gasteiger charge is -2.17. The summed E-state index contributed by atoms with van der Waals surface area (Å²) in [4.78, 5) is 24.6. The highest BCUT2D eigenvalue weighted by Gasteiger charge is 2.23. The van der Waals surface area contributed by atoms with Gasteiger partial charge < -0.3 is 20.4 Å². The molecule has 1 aromatic heterocycles. The summed E-state index contributed by atoms with van der Waals surface area (Å²) in [7, 11) is 0. The average Bonchev–Trinajstić information content (AvgIpc) is 3.36. The van der Waals surface area contributed by atoms with Gasteiger partial charge in [-0.05, 0) is 54.8 Å². The molecule has 0 bridgehead atoms. The number of anilines is 1. The van der Waals surface area contributed by atoms with Crippen molar-refractivity contribution in [3.05, 3.63) is 89.9 Å². The van der Waals surface area contributed by atoms with Crippen molar-refractivity contribution in [3.8, 4) is 0 Å². The molecule has 0 radical (unpaired) electrons. The van der Waals surface area contributed by atoms with Crippen molar-refractivity contribution in [1.82, 2.24) is 10.6 Å². The van der Waals surface area contributed by atoms with E-state index in [4.69, 9.17) is 4.42 Å². The Hall–Kier alpha value is -3.54. The molecule has 2 aromatic carbocycles. The van der Waals surface area contributed by atoms with E-state index in [1.807, 2.05) is 36.4 Å². The quantitative estimate of drug-likeness (QED) is 0.607. The van der Waals surface area contributed by atoms with Gasteiger partial charge in [0.2, 0.25) is 0 Å². The largest absolute Gasteiger partial charge is 0.467 e. The molecule has 142 valence electrons. The molecule has 0 spiro atoms. The number of hydrogen-bond donors (Lipinski definition) is 3. The van der Waals surface area contributed by atoms with Gasteiger partial charge in [-0.2, -0.15) is 0 Å². The molecule has 1 aliphatic carbocycles. The molecule has 3 N–H and O–H groups in total. The molecule has 0 aliphatic heterocycles. The van der Waals surface area contributed by atoms with Crippen LogP contribution in [0.4, 0.5) is 10.5 Å². The Kier molecular flexibility index (Phi) is 5.10. The number of benzene rings is 2. The minimum Gasteiger partial charge on any atom is -0.467 e. The summed E-state index contributed by atoms with van der Waals surface area (Å²) in [6, 6.07) is 19.8. The Morgan fingerprint density at radius 3 is 2.32 bits per heavy atom. The van der Waals surface area contributed by atoms with Crippen LogP contribution >= 0.6 is 0 Å². The van der Waals surface area contributed by atoms with E-state index in [0.717, 1.165) is 18.4 Å². The molecule has 1 fully saturated rings. The minimum atomic E-state index is -0.383. The normalized spacial score (nSPS) is 14.1. The molecule has 1 heterocycles. The molecule has 3 aromatic rings. The summed E-state index contributed by atoms with van der Waals surface area (Å²) in [6.45, 7) is 0. The number of urea groups is 1. The predicted octanol–water partition coefficient (Wildman–Crippen LogP) is 4.08. The first kappa shape index (κ1) is 17.9. The van der Waals surface area contributed by atoms with Gasteiger partial charge in [-0.25, -0.2) is 4.79 Å². The highest BCUT2D eigenvalue weighted by Crippen LogP contribution is 2.23. The van der Waals surface area contributed by atoms with Crippen LogP contribution in [0.25, 0.3) is 0 Å². The second kappa shape index (κ2) is 8.00. The number of furan rings is 1. The maximum atomic E-state index is 12.8. The van der Waals surface area contributed by atoms with Crippen LogP contribution in [-0.2, 0) is 0 Å². The first-order chi connectivity index (χ1) is 13.7. The highest BCUT2D eigenvalue weighted by atomic mass is 16.3. The number of rotatable bonds is 6. The molecule has 6 heteroatoms. The molecular formula is C22H21N3O3. The zero-order chi connectivity index (χ0) is 19.3. The van der Waals surface area contributed by atoms with E-state index in [9.17, 15) is 9.59 Å². The molecule has 28 heavy (non-hydrogen) atoms. The summed E-state index contributed by atoms with van der Waals surface area (Å²) in [6.07, 6.45) is 3.65. The van der Waals surface area contributed by atoms with Crippen LogP contribution < -0.4 is 16.0 Å². The van der Waals surface area contributed by atoms with Gasteiger partial charge in [0.25, 0.3) is 5.91 Å². The average molecular weight is 375 g/mol. The maximum absolute atomic E-state index is 12.8. The van der Waals surface area contributed by atoms with E-state index in [-0.39, 0.29) is 18.0 Å². The van der Waals surface area contributed by atoms with Gasteiger partial charge in [0.1, 0.15) is 11.8 Å². The Morgan fingerprint density at radius 1 is 0.929 bits per heavy atom. The molecule has 1 unspecified atom stereocenters. The van der Waals surface area contributed by atoms with Crippen LogP contribution in [0.1, 0.15) is 40.6 Å². The zero-order valence-electron chi connectivity index (χ0n) is 15.2. The third-order valence-corrected chi connectivity index (χ3v) is 4.55. The van der Waals surface area contributed by atoms with Crippen LogP contribution in [0, 0.1) is 0 Å². The van der Waals surface area contributed by atoms with E-state index < -0.39 is 0 Å². The van der Waals surface area contributed by atoms with Crippen LogP contribution in [0.3, 0.4) is 0 Å². The molecular weight excluding hydrogens is 354 g/mol. The Bertz CT molecular complexity index is 933. The number of amides is 3. The number of carbonyl (C=O) groups is 2. The molecule has 0 saturated heterocycles. The summed E-state index contributed by atoms with van der Waals surface area (Å²) >= 11 is 0. The van der Waals surface area contributed by atoms with Gasteiger partial charge >= 0.3 is 6.03 Å².